The van der Waals surface area contributed by atoms with E-state index in [0.29, 0.717) is 0 Å². The van der Waals surface area contributed by atoms with Gasteiger partial charge in [-0.1, -0.05) is 51.3 Å². The number of hydrogen-bond donors (Lipinski definition) is 1. The minimum Gasteiger partial charge on any atom is -0.388 e. The lowest BCUT2D eigenvalue weighted by atomic mass is 9.95. The Labute approximate surface area is 167 Å². The van der Waals surface area contributed by atoms with Crippen molar-refractivity contribution in [1.82, 2.24) is 0 Å². The van der Waals surface area contributed by atoms with E-state index in [1.165, 1.54) is 72.2 Å². The van der Waals surface area contributed by atoms with E-state index in [1.807, 2.05) is 7.05 Å². The van der Waals surface area contributed by atoms with Crippen molar-refractivity contribution in [2.45, 2.75) is 66.2 Å². The Kier molecular flexibility index (Phi) is 8.71. The summed E-state index contributed by atoms with van der Waals surface area (Å²) in [4.78, 5) is 2.58. The molecule has 0 amide bonds. The maximum Gasteiger partial charge on any atom is 0.0404 e. The number of anilines is 2. The average Bonchev–Trinajstić information content (AvgIpc) is 2.70. The van der Waals surface area contributed by atoms with Crippen LogP contribution < -0.4 is 10.2 Å². The highest BCUT2D eigenvalue weighted by Gasteiger charge is 2.13. The number of nitrogens with one attached hydrogen (secondary N) is 1. The summed E-state index contributed by atoms with van der Waals surface area (Å²) < 4.78 is 0. The molecule has 2 rings (SSSR count). The minimum atomic E-state index is 1.07. The molecule has 1 N–H and O–H groups in total. The summed E-state index contributed by atoms with van der Waals surface area (Å²) in [6, 6.07) is 13.8. The molecule has 0 bridgehead atoms. The smallest absolute Gasteiger partial charge is 0.0404 e. The zero-order chi connectivity index (χ0) is 19.6. The summed E-state index contributed by atoms with van der Waals surface area (Å²) in [5, 5.41) is 3.28. The number of rotatable bonds is 11. The maximum atomic E-state index is 3.28. The Balaban J connectivity index is 2.43. The van der Waals surface area contributed by atoms with Gasteiger partial charge >= 0.3 is 0 Å². The Hall–Kier alpha value is -1.96. The van der Waals surface area contributed by atoms with E-state index in [1.54, 1.807) is 0 Å². The summed E-state index contributed by atoms with van der Waals surface area (Å²) >= 11 is 0. The predicted octanol–water partition coefficient (Wildman–Crippen LogP) is 7.06. The highest BCUT2D eigenvalue weighted by Crippen LogP contribution is 2.32. The van der Waals surface area contributed by atoms with Crippen molar-refractivity contribution in [2.24, 2.45) is 0 Å². The first kappa shape index (κ1) is 21.3. The van der Waals surface area contributed by atoms with Crippen molar-refractivity contribution >= 4 is 11.4 Å². The van der Waals surface area contributed by atoms with Gasteiger partial charge in [0.25, 0.3) is 0 Å². The summed E-state index contributed by atoms with van der Waals surface area (Å²) in [6.07, 6.45) is 7.53. The third kappa shape index (κ3) is 5.76. The van der Waals surface area contributed by atoms with Gasteiger partial charge in [-0.2, -0.15) is 0 Å². The summed E-state index contributed by atoms with van der Waals surface area (Å²) in [6.45, 7) is 11.3. The van der Waals surface area contributed by atoms with Gasteiger partial charge in [0.05, 0.1) is 0 Å². The molecule has 0 fully saturated rings. The Bertz CT molecular complexity index is 705. The topological polar surface area (TPSA) is 15.3 Å². The van der Waals surface area contributed by atoms with Gasteiger partial charge in [-0.25, -0.2) is 0 Å². The highest BCUT2D eigenvalue weighted by molar-refractivity contribution is 5.75. The minimum absolute atomic E-state index is 1.07. The summed E-state index contributed by atoms with van der Waals surface area (Å²) in [5.41, 5.74) is 8.09. The van der Waals surface area contributed by atoms with Gasteiger partial charge in [0.15, 0.2) is 0 Å². The third-order valence-corrected chi connectivity index (χ3v) is 5.48. The van der Waals surface area contributed by atoms with Crippen LogP contribution in [0.15, 0.2) is 36.4 Å². The molecular formula is C25H38N2. The van der Waals surface area contributed by atoms with Gasteiger partial charge < -0.3 is 10.2 Å². The third-order valence-electron chi connectivity index (χ3n) is 5.48. The number of benzene rings is 2. The standard InChI is InChI=1S/C25H38N2/c1-6-9-11-17-27(8-3)25-18-22(15-14-21(25)12-10-7-2)24-19-23(26-5)16-13-20(24)4/h13-16,18-19,26H,6-12,17H2,1-5H3. The van der Waals surface area contributed by atoms with E-state index in [-0.39, 0.29) is 0 Å². The second kappa shape index (κ2) is 11.0. The van der Waals surface area contributed by atoms with Crippen molar-refractivity contribution in [1.29, 1.82) is 0 Å². The molecule has 0 aliphatic carbocycles. The van der Waals surface area contributed by atoms with E-state index < -0.39 is 0 Å². The van der Waals surface area contributed by atoms with Crippen LogP contribution in [-0.2, 0) is 6.42 Å². The first-order valence-electron chi connectivity index (χ1n) is 10.8. The molecule has 0 radical (unpaired) electrons. The average molecular weight is 367 g/mol. The van der Waals surface area contributed by atoms with Crippen molar-refractivity contribution in [3.05, 3.63) is 47.5 Å². The fraction of sp³-hybridized carbons (Fsp3) is 0.520. The van der Waals surface area contributed by atoms with E-state index >= 15 is 0 Å². The van der Waals surface area contributed by atoms with Gasteiger partial charge in [-0.3, -0.25) is 0 Å². The first-order chi connectivity index (χ1) is 13.1. The van der Waals surface area contributed by atoms with Crippen LogP contribution in [-0.4, -0.2) is 20.1 Å². The molecule has 0 atom stereocenters. The van der Waals surface area contributed by atoms with E-state index in [0.717, 1.165) is 13.1 Å². The van der Waals surface area contributed by atoms with Crippen LogP contribution in [0.25, 0.3) is 11.1 Å². The van der Waals surface area contributed by atoms with Crippen LogP contribution in [0.1, 0.15) is 64.0 Å². The van der Waals surface area contributed by atoms with Gasteiger partial charge in [-0.05, 0) is 73.6 Å². The van der Waals surface area contributed by atoms with Crippen molar-refractivity contribution in [3.8, 4) is 11.1 Å². The normalized spacial score (nSPS) is 10.9. The fourth-order valence-corrected chi connectivity index (χ4v) is 3.69. The van der Waals surface area contributed by atoms with Crippen molar-refractivity contribution < 1.29 is 0 Å². The molecule has 0 aliphatic rings. The second-order valence-electron chi connectivity index (χ2n) is 7.51. The molecule has 2 aromatic rings. The molecule has 0 unspecified atom stereocenters. The van der Waals surface area contributed by atoms with Crippen LogP contribution in [0.5, 0.6) is 0 Å². The van der Waals surface area contributed by atoms with E-state index in [9.17, 15) is 0 Å². The Morgan fingerprint density at radius 2 is 1.67 bits per heavy atom. The number of aryl methyl sites for hydroxylation is 2. The zero-order valence-corrected chi connectivity index (χ0v) is 18.1. The highest BCUT2D eigenvalue weighted by atomic mass is 15.1. The molecule has 2 nitrogen and oxygen atoms in total. The van der Waals surface area contributed by atoms with Crippen LogP contribution >= 0.6 is 0 Å². The maximum absolute atomic E-state index is 3.28. The molecule has 0 spiro atoms. The molecule has 148 valence electrons. The Morgan fingerprint density at radius 3 is 2.33 bits per heavy atom. The van der Waals surface area contributed by atoms with E-state index in [2.05, 4.69) is 74.3 Å². The number of nitrogens with zero attached hydrogens (tertiary/aromatic N) is 1. The lowest BCUT2D eigenvalue weighted by Crippen LogP contribution is -2.25. The van der Waals surface area contributed by atoms with Crippen molar-refractivity contribution in [2.75, 3.05) is 30.4 Å². The molecule has 2 aromatic carbocycles. The lowest BCUT2D eigenvalue weighted by molar-refractivity contribution is 0.681. The van der Waals surface area contributed by atoms with Crippen LogP contribution in [0.3, 0.4) is 0 Å². The molecule has 0 aromatic heterocycles. The predicted molar refractivity (Wildman–Crippen MR) is 122 cm³/mol. The fourth-order valence-electron chi connectivity index (χ4n) is 3.69. The lowest BCUT2D eigenvalue weighted by Gasteiger charge is -2.27. The number of unbranched alkanes of at least 4 members (excludes halogenated alkanes) is 3. The van der Waals surface area contributed by atoms with Crippen LogP contribution in [0.4, 0.5) is 11.4 Å². The second-order valence-corrected chi connectivity index (χ2v) is 7.51. The molecule has 0 saturated heterocycles. The van der Waals surface area contributed by atoms with Gasteiger partial charge in [0, 0.05) is 31.5 Å². The largest absolute Gasteiger partial charge is 0.388 e. The summed E-state index contributed by atoms with van der Waals surface area (Å²) in [7, 11) is 1.99. The van der Waals surface area contributed by atoms with Gasteiger partial charge in [0.2, 0.25) is 0 Å². The quantitative estimate of drug-likeness (QED) is 0.428. The molecular weight excluding hydrogens is 328 g/mol. The van der Waals surface area contributed by atoms with Gasteiger partial charge in [0.1, 0.15) is 0 Å². The van der Waals surface area contributed by atoms with Crippen LogP contribution in [0.2, 0.25) is 0 Å². The van der Waals surface area contributed by atoms with Crippen molar-refractivity contribution in [3.63, 3.8) is 0 Å². The molecule has 0 aliphatic heterocycles. The molecule has 27 heavy (non-hydrogen) atoms. The molecule has 0 heterocycles. The van der Waals surface area contributed by atoms with Crippen LogP contribution in [0, 0.1) is 6.92 Å². The Morgan fingerprint density at radius 1 is 0.889 bits per heavy atom. The van der Waals surface area contributed by atoms with E-state index in [4.69, 9.17) is 0 Å². The SMILES string of the molecule is CCCCCN(CC)c1cc(-c2cc(NC)ccc2C)ccc1CCCC. The monoisotopic (exact) mass is 366 g/mol. The zero-order valence-electron chi connectivity index (χ0n) is 18.1. The first-order valence-corrected chi connectivity index (χ1v) is 10.8. The molecule has 0 saturated carbocycles. The summed E-state index contributed by atoms with van der Waals surface area (Å²) in [5.74, 6) is 0. The molecule has 2 heteroatoms. The number of hydrogen-bond acceptors (Lipinski definition) is 2. The van der Waals surface area contributed by atoms with Gasteiger partial charge in [-0.15, -0.1) is 0 Å².